The zero-order valence-electron chi connectivity index (χ0n) is 12.1. The summed E-state index contributed by atoms with van der Waals surface area (Å²) in [6.07, 6.45) is 0. The standard InChI is InChI=1S/C15H10ClN5OS2/c16-11-3-1-9(2-4-11)13-19-15(21-20-13)24-8-12(22)18-14-10(7-17)5-6-23-14/h1-6H,8H2,(H,18,22)(H,19,20,21). The van der Waals surface area contributed by atoms with Crippen LogP contribution in [0.25, 0.3) is 11.4 Å². The first-order valence-corrected chi connectivity index (χ1v) is 8.98. The molecule has 3 rings (SSSR count). The molecule has 2 heterocycles. The van der Waals surface area contributed by atoms with Gasteiger partial charge in [0.05, 0.1) is 11.3 Å². The van der Waals surface area contributed by atoms with Crippen molar-refractivity contribution >= 4 is 45.6 Å². The first kappa shape index (κ1) is 16.5. The highest BCUT2D eigenvalue weighted by Crippen LogP contribution is 2.24. The highest BCUT2D eigenvalue weighted by Gasteiger charge is 2.11. The lowest BCUT2D eigenvalue weighted by atomic mass is 10.2. The van der Waals surface area contributed by atoms with Gasteiger partial charge >= 0.3 is 0 Å². The summed E-state index contributed by atoms with van der Waals surface area (Å²) in [6, 6.07) is 10.9. The fourth-order valence-electron chi connectivity index (χ4n) is 1.83. The Balaban J connectivity index is 1.58. The van der Waals surface area contributed by atoms with Crippen LogP contribution in [0.2, 0.25) is 5.02 Å². The lowest BCUT2D eigenvalue weighted by molar-refractivity contribution is -0.113. The van der Waals surface area contributed by atoms with Gasteiger partial charge in [0, 0.05) is 10.6 Å². The van der Waals surface area contributed by atoms with E-state index in [1.807, 2.05) is 18.2 Å². The maximum absolute atomic E-state index is 12.0. The van der Waals surface area contributed by atoms with Gasteiger partial charge in [0.1, 0.15) is 11.1 Å². The minimum Gasteiger partial charge on any atom is -0.316 e. The predicted molar refractivity (Wildman–Crippen MR) is 95.2 cm³/mol. The fourth-order valence-corrected chi connectivity index (χ4v) is 3.31. The van der Waals surface area contributed by atoms with Crippen LogP contribution < -0.4 is 5.32 Å². The predicted octanol–water partition coefficient (Wildman–Crippen LogP) is 3.79. The molecule has 0 bridgehead atoms. The van der Waals surface area contributed by atoms with Crippen molar-refractivity contribution < 1.29 is 4.79 Å². The van der Waals surface area contributed by atoms with E-state index in [2.05, 4.69) is 20.5 Å². The second-order valence-corrected chi connectivity index (χ2v) is 6.88. The second-order valence-electron chi connectivity index (χ2n) is 4.59. The van der Waals surface area contributed by atoms with E-state index in [1.54, 1.807) is 23.6 Å². The van der Waals surface area contributed by atoms with Crippen LogP contribution in [-0.4, -0.2) is 26.8 Å². The quantitative estimate of drug-likeness (QED) is 0.661. The van der Waals surface area contributed by atoms with Crippen LogP contribution in [0.3, 0.4) is 0 Å². The lowest BCUT2D eigenvalue weighted by Gasteiger charge is -2.01. The van der Waals surface area contributed by atoms with Crippen LogP contribution in [0, 0.1) is 11.3 Å². The molecule has 0 fully saturated rings. The van der Waals surface area contributed by atoms with Gasteiger partial charge in [0.25, 0.3) is 0 Å². The van der Waals surface area contributed by atoms with E-state index in [0.717, 1.165) is 5.56 Å². The summed E-state index contributed by atoms with van der Waals surface area (Å²) in [6.45, 7) is 0. The number of nitrogens with one attached hydrogen (secondary N) is 2. The molecule has 0 atom stereocenters. The molecule has 0 aliphatic rings. The van der Waals surface area contributed by atoms with Crippen LogP contribution in [0.15, 0.2) is 40.9 Å². The van der Waals surface area contributed by atoms with Crippen molar-refractivity contribution in [3.8, 4) is 17.5 Å². The van der Waals surface area contributed by atoms with E-state index in [9.17, 15) is 4.79 Å². The number of nitrogens with zero attached hydrogens (tertiary/aromatic N) is 3. The highest BCUT2D eigenvalue weighted by atomic mass is 35.5. The van der Waals surface area contributed by atoms with Crippen molar-refractivity contribution in [2.45, 2.75) is 5.16 Å². The molecule has 120 valence electrons. The summed E-state index contributed by atoms with van der Waals surface area (Å²) in [5.74, 6) is 0.553. The number of hydrogen-bond acceptors (Lipinski definition) is 6. The van der Waals surface area contributed by atoms with Gasteiger partial charge in [0.15, 0.2) is 5.82 Å². The zero-order chi connectivity index (χ0) is 16.9. The number of benzene rings is 1. The molecule has 0 aliphatic heterocycles. The Morgan fingerprint density at radius 1 is 1.38 bits per heavy atom. The van der Waals surface area contributed by atoms with Gasteiger partial charge in [-0.2, -0.15) is 5.26 Å². The Hall–Kier alpha value is -2.34. The molecule has 0 saturated carbocycles. The molecule has 0 unspecified atom stereocenters. The maximum Gasteiger partial charge on any atom is 0.235 e. The van der Waals surface area contributed by atoms with Crippen LogP contribution in [-0.2, 0) is 4.79 Å². The lowest BCUT2D eigenvalue weighted by Crippen LogP contribution is -2.13. The minimum absolute atomic E-state index is 0.153. The average molecular weight is 376 g/mol. The number of rotatable bonds is 5. The molecule has 24 heavy (non-hydrogen) atoms. The Labute approximate surface area is 150 Å². The number of aromatic amines is 1. The Morgan fingerprint density at radius 2 is 2.17 bits per heavy atom. The number of nitriles is 1. The van der Waals surface area contributed by atoms with Crippen molar-refractivity contribution in [3.05, 3.63) is 46.3 Å². The second kappa shape index (κ2) is 7.49. The molecule has 0 spiro atoms. The van der Waals surface area contributed by atoms with Gasteiger partial charge in [-0.15, -0.1) is 16.4 Å². The Bertz CT molecular complexity index is 897. The van der Waals surface area contributed by atoms with Gasteiger partial charge < -0.3 is 5.32 Å². The van der Waals surface area contributed by atoms with Crippen molar-refractivity contribution in [2.75, 3.05) is 11.1 Å². The number of thiophene rings is 1. The summed E-state index contributed by atoms with van der Waals surface area (Å²) in [5, 5.41) is 22.0. The Kier molecular flexibility index (Phi) is 5.15. The number of thioether (sulfide) groups is 1. The van der Waals surface area contributed by atoms with E-state index in [-0.39, 0.29) is 11.7 Å². The monoisotopic (exact) mass is 375 g/mol. The third-order valence-corrected chi connectivity index (χ3v) is 4.88. The molecule has 3 aromatic rings. The van der Waals surface area contributed by atoms with Crippen molar-refractivity contribution in [2.24, 2.45) is 0 Å². The van der Waals surface area contributed by atoms with Crippen LogP contribution in [0.1, 0.15) is 5.56 Å². The maximum atomic E-state index is 12.0. The number of halogens is 1. The molecule has 1 aromatic carbocycles. The summed E-state index contributed by atoms with van der Waals surface area (Å²) in [4.78, 5) is 16.3. The Morgan fingerprint density at radius 3 is 2.92 bits per heavy atom. The van der Waals surface area contributed by atoms with Gasteiger partial charge in [-0.1, -0.05) is 23.4 Å². The topological polar surface area (TPSA) is 94.5 Å². The van der Waals surface area contributed by atoms with Crippen molar-refractivity contribution in [1.29, 1.82) is 5.26 Å². The SMILES string of the molecule is N#Cc1ccsc1NC(=O)CSc1n[nH]c(-c2ccc(Cl)cc2)n1. The van der Waals surface area contributed by atoms with E-state index in [1.165, 1.54) is 23.1 Å². The number of aromatic nitrogens is 3. The molecule has 0 radical (unpaired) electrons. The minimum atomic E-state index is -0.211. The zero-order valence-corrected chi connectivity index (χ0v) is 14.5. The number of amides is 1. The molecule has 0 saturated heterocycles. The average Bonchev–Trinajstić information content (AvgIpc) is 3.22. The number of carbonyl (C=O) groups is 1. The molecule has 6 nitrogen and oxygen atoms in total. The number of H-pyrrole nitrogens is 1. The van der Waals surface area contributed by atoms with Crippen molar-refractivity contribution in [1.82, 2.24) is 15.2 Å². The molecule has 1 amide bonds. The molecule has 0 aliphatic carbocycles. The number of hydrogen-bond donors (Lipinski definition) is 2. The summed E-state index contributed by atoms with van der Waals surface area (Å²) >= 11 is 8.38. The molecule has 2 aromatic heterocycles. The van der Waals surface area contributed by atoms with Crippen molar-refractivity contribution in [3.63, 3.8) is 0 Å². The summed E-state index contributed by atoms with van der Waals surface area (Å²) in [5.41, 5.74) is 1.32. The van der Waals surface area contributed by atoms with Gasteiger partial charge in [-0.3, -0.25) is 9.89 Å². The smallest absolute Gasteiger partial charge is 0.235 e. The van der Waals surface area contributed by atoms with Crippen LogP contribution in [0.4, 0.5) is 5.00 Å². The van der Waals surface area contributed by atoms with E-state index in [4.69, 9.17) is 16.9 Å². The van der Waals surface area contributed by atoms with E-state index >= 15 is 0 Å². The number of anilines is 1. The molecular weight excluding hydrogens is 366 g/mol. The third-order valence-electron chi connectivity index (χ3n) is 2.95. The molecule has 2 N–H and O–H groups in total. The van der Waals surface area contributed by atoms with Crippen LogP contribution in [0.5, 0.6) is 0 Å². The van der Waals surface area contributed by atoms with Gasteiger partial charge in [-0.05, 0) is 35.7 Å². The first-order chi connectivity index (χ1) is 11.7. The normalized spacial score (nSPS) is 10.3. The number of carbonyl (C=O) groups excluding carboxylic acids is 1. The van der Waals surface area contributed by atoms with Gasteiger partial charge in [0.2, 0.25) is 11.1 Å². The fraction of sp³-hybridized carbons (Fsp3) is 0.0667. The molecular formula is C15H10ClN5OS2. The van der Waals surface area contributed by atoms with E-state index in [0.29, 0.717) is 26.6 Å². The van der Waals surface area contributed by atoms with Crippen LogP contribution >= 0.6 is 34.7 Å². The highest BCUT2D eigenvalue weighted by molar-refractivity contribution is 7.99. The summed E-state index contributed by atoms with van der Waals surface area (Å²) < 4.78 is 0. The van der Waals surface area contributed by atoms with E-state index < -0.39 is 0 Å². The summed E-state index contributed by atoms with van der Waals surface area (Å²) in [7, 11) is 0. The first-order valence-electron chi connectivity index (χ1n) is 6.74. The largest absolute Gasteiger partial charge is 0.316 e. The molecule has 9 heteroatoms. The third kappa shape index (κ3) is 3.94. The van der Waals surface area contributed by atoms with Gasteiger partial charge in [-0.25, -0.2) is 4.98 Å².